The lowest BCUT2D eigenvalue weighted by molar-refractivity contribution is 0.419. The van der Waals surface area contributed by atoms with Crippen LogP contribution >= 0.6 is 11.8 Å². The molecule has 3 heteroatoms. The summed E-state index contributed by atoms with van der Waals surface area (Å²) in [5, 5.41) is 13.6. The molecule has 0 aromatic heterocycles. The number of benzene rings is 1. The minimum Gasteiger partial charge on any atom is -0.508 e. The molecule has 0 amide bonds. The van der Waals surface area contributed by atoms with Crippen molar-refractivity contribution in [1.29, 1.82) is 0 Å². The molecule has 1 unspecified atom stereocenters. The molecule has 0 radical (unpaired) electrons. The molecule has 0 saturated heterocycles. The van der Waals surface area contributed by atoms with E-state index in [9.17, 15) is 5.11 Å². The summed E-state index contributed by atoms with van der Waals surface area (Å²) in [6.45, 7) is 1.11. The fraction of sp³-hybridized carbons (Fsp3) is 0.647. The van der Waals surface area contributed by atoms with Crippen molar-refractivity contribution < 1.29 is 5.11 Å². The van der Waals surface area contributed by atoms with Gasteiger partial charge in [-0.05, 0) is 61.6 Å². The van der Waals surface area contributed by atoms with E-state index in [2.05, 4.69) is 17.6 Å². The first-order chi connectivity index (χ1) is 9.72. The molecule has 1 fully saturated rings. The largest absolute Gasteiger partial charge is 0.508 e. The van der Waals surface area contributed by atoms with Crippen molar-refractivity contribution in [2.45, 2.75) is 55.7 Å². The van der Waals surface area contributed by atoms with Crippen LogP contribution in [-0.4, -0.2) is 22.7 Å². The highest BCUT2D eigenvalue weighted by molar-refractivity contribution is 8.00. The SMILES string of the molecule is CSC1(CNC2CCCc3ccc(O)cc32)CCCC1. The number of rotatable bonds is 4. The molecule has 1 aromatic carbocycles. The van der Waals surface area contributed by atoms with Crippen molar-refractivity contribution in [2.24, 2.45) is 0 Å². The number of hydrogen-bond donors (Lipinski definition) is 2. The molecule has 1 aromatic rings. The van der Waals surface area contributed by atoms with Crippen LogP contribution < -0.4 is 5.32 Å². The molecule has 0 heterocycles. The van der Waals surface area contributed by atoms with E-state index in [1.165, 1.54) is 49.7 Å². The third-order valence-electron chi connectivity index (χ3n) is 5.06. The highest BCUT2D eigenvalue weighted by atomic mass is 32.2. The van der Waals surface area contributed by atoms with Gasteiger partial charge < -0.3 is 10.4 Å². The van der Waals surface area contributed by atoms with Gasteiger partial charge in [-0.25, -0.2) is 0 Å². The molecule has 20 heavy (non-hydrogen) atoms. The first-order valence-corrected chi connectivity index (χ1v) is 9.05. The Balaban J connectivity index is 1.71. The highest BCUT2D eigenvalue weighted by Gasteiger charge is 2.33. The second kappa shape index (κ2) is 5.98. The molecule has 2 nitrogen and oxygen atoms in total. The average Bonchev–Trinajstić information content (AvgIpc) is 2.94. The molecule has 2 N–H and O–H groups in total. The van der Waals surface area contributed by atoms with Gasteiger partial charge in [0, 0.05) is 17.3 Å². The van der Waals surface area contributed by atoms with Crippen LogP contribution in [-0.2, 0) is 6.42 Å². The molecule has 110 valence electrons. The maximum atomic E-state index is 9.75. The lowest BCUT2D eigenvalue weighted by Crippen LogP contribution is -2.38. The minimum atomic E-state index is 0.401. The maximum absolute atomic E-state index is 9.75. The topological polar surface area (TPSA) is 32.3 Å². The molecule has 1 atom stereocenters. The minimum absolute atomic E-state index is 0.401. The van der Waals surface area contributed by atoms with Crippen molar-refractivity contribution in [1.82, 2.24) is 5.32 Å². The van der Waals surface area contributed by atoms with Crippen LogP contribution in [0.4, 0.5) is 0 Å². The highest BCUT2D eigenvalue weighted by Crippen LogP contribution is 2.41. The monoisotopic (exact) mass is 291 g/mol. The van der Waals surface area contributed by atoms with Crippen LogP contribution in [0, 0.1) is 0 Å². The number of phenolic OH excluding ortho intramolecular Hbond substituents is 1. The smallest absolute Gasteiger partial charge is 0.115 e. The summed E-state index contributed by atoms with van der Waals surface area (Å²) in [7, 11) is 0. The van der Waals surface area contributed by atoms with Crippen LogP contribution in [0.15, 0.2) is 18.2 Å². The van der Waals surface area contributed by atoms with E-state index in [0.717, 1.165) is 13.0 Å². The first kappa shape index (κ1) is 14.3. The third-order valence-corrected chi connectivity index (χ3v) is 6.48. The van der Waals surface area contributed by atoms with Gasteiger partial charge in [-0.2, -0.15) is 11.8 Å². The predicted octanol–water partition coefficient (Wildman–Crippen LogP) is 4.04. The lowest BCUT2D eigenvalue weighted by Gasteiger charge is -2.32. The van der Waals surface area contributed by atoms with Crippen molar-refractivity contribution >= 4 is 11.8 Å². The maximum Gasteiger partial charge on any atom is 0.115 e. The van der Waals surface area contributed by atoms with E-state index >= 15 is 0 Å². The molecule has 0 bridgehead atoms. The Labute approximate surface area is 126 Å². The van der Waals surface area contributed by atoms with E-state index in [1.54, 1.807) is 0 Å². The second-order valence-electron chi connectivity index (χ2n) is 6.30. The zero-order chi connectivity index (χ0) is 14.0. The summed E-state index contributed by atoms with van der Waals surface area (Å²) in [4.78, 5) is 0. The Kier molecular flexibility index (Phi) is 4.27. The van der Waals surface area contributed by atoms with E-state index in [0.29, 0.717) is 16.5 Å². The van der Waals surface area contributed by atoms with Crippen LogP contribution in [0.1, 0.15) is 55.7 Å². The molecular formula is C17H25NOS. The summed E-state index contributed by atoms with van der Waals surface area (Å²) in [6.07, 6.45) is 11.3. The van der Waals surface area contributed by atoms with Gasteiger partial charge >= 0.3 is 0 Å². The van der Waals surface area contributed by atoms with Crippen LogP contribution in [0.3, 0.4) is 0 Å². The molecule has 2 aliphatic rings. The van der Waals surface area contributed by atoms with Gasteiger partial charge in [0.1, 0.15) is 5.75 Å². The standard InChI is InChI=1S/C17H25NOS/c1-20-17(9-2-3-10-17)12-18-16-6-4-5-13-7-8-14(19)11-15(13)16/h7-8,11,16,18-19H,2-6,9-10,12H2,1H3. The van der Waals surface area contributed by atoms with Gasteiger partial charge in [0.05, 0.1) is 0 Å². The molecule has 0 spiro atoms. The van der Waals surface area contributed by atoms with Crippen LogP contribution in [0.5, 0.6) is 5.75 Å². The zero-order valence-corrected chi connectivity index (χ0v) is 13.1. The Bertz CT molecular complexity index is 468. The predicted molar refractivity (Wildman–Crippen MR) is 86.5 cm³/mol. The van der Waals surface area contributed by atoms with Crippen LogP contribution in [0.2, 0.25) is 0 Å². The zero-order valence-electron chi connectivity index (χ0n) is 12.3. The average molecular weight is 291 g/mol. The van der Waals surface area contributed by atoms with Gasteiger partial charge in [-0.3, -0.25) is 0 Å². The third kappa shape index (κ3) is 2.84. The summed E-state index contributed by atoms with van der Waals surface area (Å²) >= 11 is 2.04. The van der Waals surface area contributed by atoms with Gasteiger partial charge in [0.25, 0.3) is 0 Å². The van der Waals surface area contributed by atoms with Gasteiger partial charge in [0.15, 0.2) is 0 Å². The molecule has 1 saturated carbocycles. The van der Waals surface area contributed by atoms with E-state index < -0.39 is 0 Å². The number of phenols is 1. The quantitative estimate of drug-likeness (QED) is 0.878. The van der Waals surface area contributed by atoms with Crippen molar-refractivity contribution in [3.05, 3.63) is 29.3 Å². The van der Waals surface area contributed by atoms with Crippen LogP contribution in [0.25, 0.3) is 0 Å². The first-order valence-electron chi connectivity index (χ1n) is 7.83. The van der Waals surface area contributed by atoms with Gasteiger partial charge in [-0.1, -0.05) is 18.9 Å². The van der Waals surface area contributed by atoms with Crippen molar-refractivity contribution in [2.75, 3.05) is 12.8 Å². The fourth-order valence-electron chi connectivity index (χ4n) is 3.78. The number of hydrogen-bond acceptors (Lipinski definition) is 3. The van der Waals surface area contributed by atoms with Crippen molar-refractivity contribution in [3.63, 3.8) is 0 Å². The van der Waals surface area contributed by atoms with E-state index in [1.807, 2.05) is 23.9 Å². The number of aromatic hydroxyl groups is 1. The Morgan fingerprint density at radius 2 is 2.10 bits per heavy atom. The number of fused-ring (bicyclic) bond motifs is 1. The fourth-order valence-corrected chi connectivity index (χ4v) is 4.70. The Morgan fingerprint density at radius 1 is 1.30 bits per heavy atom. The second-order valence-corrected chi connectivity index (χ2v) is 7.58. The number of nitrogens with one attached hydrogen (secondary N) is 1. The van der Waals surface area contributed by atoms with Gasteiger partial charge in [-0.15, -0.1) is 0 Å². The lowest BCUT2D eigenvalue weighted by atomic mass is 9.87. The Morgan fingerprint density at radius 3 is 2.85 bits per heavy atom. The Hall–Kier alpha value is -0.670. The summed E-state index contributed by atoms with van der Waals surface area (Å²) in [6, 6.07) is 6.31. The molecule has 0 aliphatic heterocycles. The summed E-state index contributed by atoms with van der Waals surface area (Å²) < 4.78 is 0.453. The molecular weight excluding hydrogens is 266 g/mol. The van der Waals surface area contributed by atoms with E-state index in [-0.39, 0.29) is 0 Å². The summed E-state index contributed by atoms with van der Waals surface area (Å²) in [5.41, 5.74) is 2.74. The summed E-state index contributed by atoms with van der Waals surface area (Å²) in [5.74, 6) is 0.401. The van der Waals surface area contributed by atoms with Crippen molar-refractivity contribution in [3.8, 4) is 5.75 Å². The van der Waals surface area contributed by atoms with Gasteiger partial charge in [0.2, 0.25) is 0 Å². The molecule has 3 rings (SSSR count). The number of thioether (sulfide) groups is 1. The molecule has 2 aliphatic carbocycles. The number of aryl methyl sites for hydroxylation is 1. The van der Waals surface area contributed by atoms with E-state index in [4.69, 9.17) is 0 Å². The normalized spacial score (nSPS) is 24.6.